The number of hydrogen-bond donors (Lipinski definition) is 0. The van der Waals surface area contributed by atoms with Gasteiger partial charge in [0.05, 0.1) is 16.6 Å². The highest BCUT2D eigenvalue weighted by atomic mass is 79.9. The lowest BCUT2D eigenvalue weighted by molar-refractivity contribution is -0.274. The zero-order chi connectivity index (χ0) is 11.6. The van der Waals surface area contributed by atoms with Crippen LogP contribution in [0, 0.1) is 0 Å². The fourth-order valence-corrected chi connectivity index (χ4v) is 1.71. The van der Waals surface area contributed by atoms with Gasteiger partial charge in [-0.15, -0.1) is 13.2 Å². The number of alkyl halides is 3. The topological polar surface area (TPSA) is 18.5 Å². The lowest BCUT2D eigenvalue weighted by atomic mass is 10.3. The Labute approximate surface area is 97.1 Å². The standard InChI is InChI=1S/C8H5BrClF3O2/c1-14-6-3-7(15-8(11,12)13)5(10)2-4(6)9/h2-3H,1H3. The van der Waals surface area contributed by atoms with E-state index in [0.717, 1.165) is 6.07 Å². The van der Waals surface area contributed by atoms with E-state index in [4.69, 9.17) is 16.3 Å². The number of methoxy groups -OCH3 is 1. The second kappa shape index (κ2) is 4.49. The van der Waals surface area contributed by atoms with Gasteiger partial charge in [-0.05, 0) is 22.0 Å². The van der Waals surface area contributed by atoms with Crippen LogP contribution < -0.4 is 9.47 Å². The molecule has 0 atom stereocenters. The van der Waals surface area contributed by atoms with Gasteiger partial charge in [0.15, 0.2) is 5.75 Å². The van der Waals surface area contributed by atoms with Gasteiger partial charge < -0.3 is 9.47 Å². The van der Waals surface area contributed by atoms with Crippen molar-refractivity contribution in [3.63, 3.8) is 0 Å². The lowest BCUT2D eigenvalue weighted by Crippen LogP contribution is -2.17. The van der Waals surface area contributed by atoms with Gasteiger partial charge in [-0.1, -0.05) is 11.6 Å². The Morgan fingerprint density at radius 1 is 1.27 bits per heavy atom. The van der Waals surface area contributed by atoms with Gasteiger partial charge in [-0.2, -0.15) is 0 Å². The normalized spacial score (nSPS) is 11.3. The summed E-state index contributed by atoms with van der Waals surface area (Å²) in [6, 6.07) is 2.32. The Hall–Kier alpha value is -0.620. The summed E-state index contributed by atoms with van der Waals surface area (Å²) in [6.07, 6.45) is -4.78. The number of hydrogen-bond acceptors (Lipinski definition) is 2. The number of halogens is 5. The van der Waals surface area contributed by atoms with E-state index < -0.39 is 12.1 Å². The Morgan fingerprint density at radius 2 is 1.87 bits per heavy atom. The number of ether oxygens (including phenoxy) is 2. The van der Waals surface area contributed by atoms with Gasteiger partial charge in [-0.25, -0.2) is 0 Å². The molecular weight excluding hydrogens is 300 g/mol. The molecule has 1 rings (SSSR count). The van der Waals surface area contributed by atoms with Crippen LogP contribution in [0.1, 0.15) is 0 Å². The van der Waals surface area contributed by atoms with Crippen molar-refractivity contribution >= 4 is 27.5 Å². The number of benzene rings is 1. The lowest BCUT2D eigenvalue weighted by Gasteiger charge is -2.12. The van der Waals surface area contributed by atoms with E-state index in [-0.39, 0.29) is 10.8 Å². The van der Waals surface area contributed by atoms with Crippen LogP contribution >= 0.6 is 27.5 Å². The van der Waals surface area contributed by atoms with Crippen molar-refractivity contribution in [2.45, 2.75) is 6.36 Å². The average Bonchev–Trinajstić information content (AvgIpc) is 2.07. The fourth-order valence-electron chi connectivity index (χ4n) is 0.870. The van der Waals surface area contributed by atoms with E-state index >= 15 is 0 Å². The molecule has 0 unspecified atom stereocenters. The minimum absolute atomic E-state index is 0.153. The van der Waals surface area contributed by atoms with Crippen LogP contribution in [-0.4, -0.2) is 13.5 Å². The van der Waals surface area contributed by atoms with Gasteiger partial charge in [0.2, 0.25) is 0 Å². The van der Waals surface area contributed by atoms with Gasteiger partial charge in [0, 0.05) is 6.07 Å². The molecule has 0 radical (unpaired) electrons. The Balaban J connectivity index is 3.08. The quantitative estimate of drug-likeness (QED) is 0.822. The molecule has 0 aliphatic heterocycles. The monoisotopic (exact) mass is 304 g/mol. The third kappa shape index (κ3) is 3.46. The zero-order valence-electron chi connectivity index (χ0n) is 7.36. The molecule has 0 aliphatic rings. The first-order valence-electron chi connectivity index (χ1n) is 3.62. The molecule has 0 saturated carbocycles. The van der Waals surface area contributed by atoms with Crippen molar-refractivity contribution in [1.29, 1.82) is 0 Å². The average molecular weight is 305 g/mol. The molecule has 0 aliphatic carbocycles. The summed E-state index contributed by atoms with van der Waals surface area (Å²) in [5.74, 6) is -0.289. The predicted octanol–water partition coefficient (Wildman–Crippen LogP) is 4.01. The van der Waals surface area contributed by atoms with Crippen LogP contribution in [0.15, 0.2) is 16.6 Å². The van der Waals surface area contributed by atoms with Crippen LogP contribution in [0.4, 0.5) is 13.2 Å². The van der Waals surface area contributed by atoms with Gasteiger partial charge >= 0.3 is 6.36 Å². The molecule has 0 amide bonds. The molecule has 1 aromatic carbocycles. The summed E-state index contributed by atoms with van der Waals surface area (Å²) in [7, 11) is 1.32. The molecular formula is C8H5BrClF3O2. The molecule has 0 spiro atoms. The highest BCUT2D eigenvalue weighted by molar-refractivity contribution is 9.10. The summed E-state index contributed by atoms with van der Waals surface area (Å²) in [5.41, 5.74) is 0. The van der Waals surface area contributed by atoms with Crippen LogP contribution in [-0.2, 0) is 0 Å². The molecule has 2 nitrogen and oxygen atoms in total. The van der Waals surface area contributed by atoms with E-state index in [2.05, 4.69) is 20.7 Å². The molecule has 0 aromatic heterocycles. The Bertz CT molecular complexity index is 368. The minimum atomic E-state index is -4.78. The summed E-state index contributed by atoms with van der Waals surface area (Å²) in [4.78, 5) is 0. The second-order valence-corrected chi connectivity index (χ2v) is 3.73. The smallest absolute Gasteiger partial charge is 0.495 e. The zero-order valence-corrected chi connectivity index (χ0v) is 9.70. The van der Waals surface area contributed by atoms with Crippen molar-refractivity contribution in [3.8, 4) is 11.5 Å². The fraction of sp³-hybridized carbons (Fsp3) is 0.250. The maximum absolute atomic E-state index is 11.9. The maximum atomic E-state index is 11.9. The minimum Gasteiger partial charge on any atom is -0.495 e. The van der Waals surface area contributed by atoms with Crippen molar-refractivity contribution < 1.29 is 22.6 Å². The Kier molecular flexibility index (Phi) is 3.72. The van der Waals surface area contributed by atoms with Crippen molar-refractivity contribution in [2.75, 3.05) is 7.11 Å². The van der Waals surface area contributed by atoms with Crippen molar-refractivity contribution in [3.05, 3.63) is 21.6 Å². The molecule has 7 heteroatoms. The first-order chi connectivity index (χ1) is 6.83. The van der Waals surface area contributed by atoms with Crippen LogP contribution in [0.5, 0.6) is 11.5 Å². The third-order valence-corrected chi connectivity index (χ3v) is 2.35. The largest absolute Gasteiger partial charge is 0.573 e. The van der Waals surface area contributed by atoms with E-state index in [9.17, 15) is 13.2 Å². The van der Waals surface area contributed by atoms with E-state index in [1.165, 1.54) is 13.2 Å². The molecule has 0 heterocycles. The van der Waals surface area contributed by atoms with Crippen LogP contribution in [0.25, 0.3) is 0 Å². The maximum Gasteiger partial charge on any atom is 0.573 e. The van der Waals surface area contributed by atoms with Crippen molar-refractivity contribution in [1.82, 2.24) is 0 Å². The van der Waals surface area contributed by atoms with E-state index in [0.29, 0.717) is 4.47 Å². The molecule has 0 bridgehead atoms. The third-order valence-electron chi connectivity index (χ3n) is 1.43. The molecule has 0 N–H and O–H groups in total. The summed E-state index contributed by atoms with van der Waals surface area (Å²) >= 11 is 8.63. The molecule has 15 heavy (non-hydrogen) atoms. The molecule has 1 aromatic rings. The highest BCUT2D eigenvalue weighted by Crippen LogP contribution is 2.38. The summed E-state index contributed by atoms with van der Waals surface area (Å²) in [6.45, 7) is 0. The highest BCUT2D eigenvalue weighted by Gasteiger charge is 2.32. The molecule has 84 valence electrons. The summed E-state index contributed by atoms with van der Waals surface area (Å²) in [5, 5.41) is -0.153. The van der Waals surface area contributed by atoms with E-state index in [1.54, 1.807) is 0 Å². The van der Waals surface area contributed by atoms with Crippen molar-refractivity contribution in [2.24, 2.45) is 0 Å². The summed E-state index contributed by atoms with van der Waals surface area (Å²) < 4.78 is 44.7. The van der Waals surface area contributed by atoms with Gasteiger partial charge in [0.25, 0.3) is 0 Å². The van der Waals surface area contributed by atoms with Crippen LogP contribution in [0.2, 0.25) is 5.02 Å². The number of rotatable bonds is 2. The second-order valence-electron chi connectivity index (χ2n) is 2.46. The molecule has 0 fully saturated rings. The SMILES string of the molecule is COc1cc(OC(F)(F)F)c(Cl)cc1Br. The first-order valence-corrected chi connectivity index (χ1v) is 4.79. The van der Waals surface area contributed by atoms with Crippen LogP contribution in [0.3, 0.4) is 0 Å². The van der Waals surface area contributed by atoms with Gasteiger partial charge in [-0.3, -0.25) is 0 Å². The predicted molar refractivity (Wildman–Crippen MR) is 52.4 cm³/mol. The first kappa shape index (κ1) is 12.4. The molecule has 0 saturated heterocycles. The van der Waals surface area contributed by atoms with E-state index in [1.807, 2.05) is 0 Å². The van der Waals surface area contributed by atoms with Gasteiger partial charge in [0.1, 0.15) is 5.75 Å². The Morgan fingerprint density at radius 3 is 2.33 bits per heavy atom.